The van der Waals surface area contributed by atoms with Gasteiger partial charge in [-0.3, -0.25) is 14.9 Å². The van der Waals surface area contributed by atoms with Crippen LogP contribution < -0.4 is 25.0 Å². The summed E-state index contributed by atoms with van der Waals surface area (Å²) in [7, 11) is 3.13. The minimum atomic E-state index is -0.394. The van der Waals surface area contributed by atoms with Gasteiger partial charge in [-0.1, -0.05) is 0 Å². The summed E-state index contributed by atoms with van der Waals surface area (Å²) in [4.78, 5) is 26.0. The predicted molar refractivity (Wildman–Crippen MR) is 104 cm³/mol. The molecule has 3 rings (SSSR count). The lowest BCUT2D eigenvalue weighted by Crippen LogP contribution is -2.34. The van der Waals surface area contributed by atoms with Crippen LogP contribution >= 0.6 is 11.8 Å². The molecule has 2 amide bonds. The smallest absolute Gasteiger partial charge is 0.290 e. The second-order valence-electron chi connectivity index (χ2n) is 6.23. The first kappa shape index (κ1) is 19.5. The number of rotatable bonds is 7. The van der Waals surface area contributed by atoms with Crippen molar-refractivity contribution in [2.75, 3.05) is 45.4 Å². The monoisotopic (exact) mass is 393 g/mol. The second-order valence-corrected chi connectivity index (χ2v) is 7.24. The molecule has 0 bridgehead atoms. The van der Waals surface area contributed by atoms with E-state index in [9.17, 15) is 9.59 Å². The summed E-state index contributed by atoms with van der Waals surface area (Å²) >= 11 is 0.886. The molecule has 0 radical (unpaired) electrons. The first-order valence-corrected chi connectivity index (χ1v) is 9.47. The number of thioether (sulfide) groups is 1. The van der Waals surface area contributed by atoms with Crippen LogP contribution in [-0.4, -0.2) is 62.8 Å². The van der Waals surface area contributed by atoms with Crippen LogP contribution in [0.4, 0.5) is 10.5 Å². The Hall–Kier alpha value is -2.23. The van der Waals surface area contributed by atoms with Gasteiger partial charge in [0.1, 0.15) is 0 Å². The molecule has 1 aromatic rings. The topological polar surface area (TPSA) is 100 Å². The summed E-state index contributed by atoms with van der Waals surface area (Å²) in [6.07, 6.45) is 2.65. The Morgan fingerprint density at radius 2 is 2.07 bits per heavy atom. The third-order valence-corrected chi connectivity index (χ3v) is 5.35. The van der Waals surface area contributed by atoms with E-state index in [2.05, 4.69) is 15.5 Å². The average molecular weight is 393 g/mol. The zero-order chi connectivity index (χ0) is 19.4. The minimum Gasteiger partial charge on any atom is -0.493 e. The van der Waals surface area contributed by atoms with E-state index in [-0.39, 0.29) is 17.9 Å². The fraction of sp³-hybridized carbons (Fsp3) is 0.444. The predicted octanol–water partition coefficient (Wildman–Crippen LogP) is 1.19. The number of hydrogen-bond donors (Lipinski definition) is 3. The van der Waals surface area contributed by atoms with Crippen LogP contribution in [0.5, 0.6) is 11.5 Å². The highest BCUT2D eigenvalue weighted by atomic mass is 32.2. The van der Waals surface area contributed by atoms with Gasteiger partial charge in [0.05, 0.1) is 25.7 Å². The SMILES string of the molecule is COc1cc(/C=C2/SC(=O)NC2=O)c(N2CCC(NCCO)C2)cc1OC. The molecule has 0 saturated carbocycles. The van der Waals surface area contributed by atoms with Gasteiger partial charge in [0.15, 0.2) is 11.5 Å². The maximum Gasteiger partial charge on any atom is 0.290 e. The fourth-order valence-corrected chi connectivity index (χ4v) is 3.92. The molecular weight excluding hydrogens is 370 g/mol. The molecule has 146 valence electrons. The van der Waals surface area contributed by atoms with Gasteiger partial charge in [0.2, 0.25) is 0 Å². The van der Waals surface area contributed by atoms with Gasteiger partial charge >= 0.3 is 0 Å². The van der Waals surface area contributed by atoms with Crippen molar-refractivity contribution in [3.05, 3.63) is 22.6 Å². The number of carbonyl (C=O) groups is 2. The zero-order valence-corrected chi connectivity index (χ0v) is 16.1. The fourth-order valence-electron chi connectivity index (χ4n) is 3.25. The summed E-state index contributed by atoms with van der Waals surface area (Å²) < 4.78 is 10.8. The number of benzene rings is 1. The molecule has 0 aliphatic carbocycles. The number of aliphatic hydroxyl groups excluding tert-OH is 1. The first-order valence-electron chi connectivity index (χ1n) is 8.65. The lowest BCUT2D eigenvalue weighted by molar-refractivity contribution is -0.115. The largest absolute Gasteiger partial charge is 0.493 e. The van der Waals surface area contributed by atoms with Crippen LogP contribution in [0.2, 0.25) is 0 Å². The van der Waals surface area contributed by atoms with Gasteiger partial charge < -0.3 is 24.8 Å². The number of ether oxygens (including phenoxy) is 2. The number of aliphatic hydroxyl groups is 1. The maximum atomic E-state index is 11.9. The zero-order valence-electron chi connectivity index (χ0n) is 15.3. The van der Waals surface area contributed by atoms with E-state index >= 15 is 0 Å². The van der Waals surface area contributed by atoms with Crippen LogP contribution in [0.3, 0.4) is 0 Å². The number of hydrogen-bond acceptors (Lipinski definition) is 8. The van der Waals surface area contributed by atoms with E-state index < -0.39 is 5.91 Å². The molecule has 3 N–H and O–H groups in total. The van der Waals surface area contributed by atoms with Crippen molar-refractivity contribution in [1.82, 2.24) is 10.6 Å². The second kappa shape index (κ2) is 8.64. The van der Waals surface area contributed by atoms with Crippen LogP contribution in [0.25, 0.3) is 6.08 Å². The number of nitrogens with zero attached hydrogens (tertiary/aromatic N) is 1. The Kier molecular flexibility index (Phi) is 6.25. The van der Waals surface area contributed by atoms with Gasteiger partial charge in [-0.25, -0.2) is 0 Å². The summed E-state index contributed by atoms with van der Waals surface area (Å²) in [6, 6.07) is 3.97. The molecule has 2 fully saturated rings. The molecule has 2 saturated heterocycles. The van der Waals surface area contributed by atoms with E-state index in [1.165, 1.54) is 0 Å². The van der Waals surface area contributed by atoms with Crippen molar-refractivity contribution in [2.45, 2.75) is 12.5 Å². The molecule has 2 aliphatic rings. The molecule has 1 atom stereocenters. The molecule has 0 aromatic heterocycles. The van der Waals surface area contributed by atoms with E-state index in [0.29, 0.717) is 22.9 Å². The first-order chi connectivity index (χ1) is 13.0. The normalized spacial score (nSPS) is 21.1. The van der Waals surface area contributed by atoms with Crippen LogP contribution in [-0.2, 0) is 4.79 Å². The third kappa shape index (κ3) is 4.37. The van der Waals surface area contributed by atoms with Gasteiger partial charge in [-0.15, -0.1) is 0 Å². The number of carbonyl (C=O) groups excluding carboxylic acids is 2. The molecule has 1 aromatic carbocycles. The van der Waals surface area contributed by atoms with Crippen LogP contribution in [0.1, 0.15) is 12.0 Å². The molecule has 2 heterocycles. The van der Waals surface area contributed by atoms with Crippen molar-refractivity contribution in [3.8, 4) is 11.5 Å². The Bertz CT molecular complexity index is 768. The standard InChI is InChI=1S/C18H23N3O5S/c1-25-14-7-11(8-16-17(23)20-18(24)27-16)13(9-15(14)26-2)21-5-3-12(10-21)19-4-6-22/h7-9,12,19,22H,3-6,10H2,1-2H3,(H,20,23,24)/b16-8+. The highest BCUT2D eigenvalue weighted by Crippen LogP contribution is 2.39. The highest BCUT2D eigenvalue weighted by Gasteiger charge is 2.28. The molecule has 1 unspecified atom stereocenters. The molecule has 2 aliphatic heterocycles. The van der Waals surface area contributed by atoms with E-state index in [1.807, 2.05) is 12.1 Å². The average Bonchev–Trinajstić information content (AvgIpc) is 3.25. The van der Waals surface area contributed by atoms with Gasteiger partial charge in [-0.05, 0) is 30.3 Å². The van der Waals surface area contributed by atoms with Gasteiger partial charge in [0.25, 0.3) is 11.1 Å². The Labute approximate surface area is 161 Å². The van der Waals surface area contributed by atoms with Crippen molar-refractivity contribution < 1.29 is 24.2 Å². The summed E-state index contributed by atoms with van der Waals surface area (Å²) in [5.74, 6) is 0.757. The van der Waals surface area contributed by atoms with Crippen molar-refractivity contribution in [3.63, 3.8) is 0 Å². The number of anilines is 1. The Balaban J connectivity index is 1.95. The number of methoxy groups -OCH3 is 2. The van der Waals surface area contributed by atoms with Crippen molar-refractivity contribution >= 4 is 34.7 Å². The summed E-state index contributed by atoms with van der Waals surface area (Å²) in [6.45, 7) is 2.25. The number of nitrogens with one attached hydrogen (secondary N) is 2. The van der Waals surface area contributed by atoms with E-state index in [4.69, 9.17) is 14.6 Å². The highest BCUT2D eigenvalue weighted by molar-refractivity contribution is 8.18. The minimum absolute atomic E-state index is 0.102. The third-order valence-electron chi connectivity index (χ3n) is 4.54. The van der Waals surface area contributed by atoms with Crippen molar-refractivity contribution in [1.29, 1.82) is 0 Å². The van der Waals surface area contributed by atoms with Gasteiger partial charge in [-0.2, -0.15) is 0 Å². The molecular formula is C18H23N3O5S. The van der Waals surface area contributed by atoms with E-state index in [0.717, 1.165) is 42.5 Å². The molecule has 9 heteroatoms. The van der Waals surface area contributed by atoms with Crippen LogP contribution in [0.15, 0.2) is 17.0 Å². The van der Waals surface area contributed by atoms with Gasteiger partial charge in [0, 0.05) is 43.0 Å². The number of imide groups is 1. The summed E-state index contributed by atoms with van der Waals surface area (Å²) in [5, 5.41) is 14.2. The van der Waals surface area contributed by atoms with Crippen molar-refractivity contribution in [2.24, 2.45) is 0 Å². The lowest BCUT2D eigenvalue weighted by atomic mass is 10.1. The lowest BCUT2D eigenvalue weighted by Gasteiger charge is -2.23. The quantitative estimate of drug-likeness (QED) is 0.594. The van der Waals surface area contributed by atoms with E-state index in [1.54, 1.807) is 20.3 Å². The molecule has 0 spiro atoms. The number of amides is 2. The molecule has 27 heavy (non-hydrogen) atoms. The Morgan fingerprint density at radius 3 is 2.70 bits per heavy atom. The van der Waals surface area contributed by atoms with Crippen LogP contribution in [0, 0.1) is 0 Å². The molecule has 8 nitrogen and oxygen atoms in total. The Morgan fingerprint density at radius 1 is 1.33 bits per heavy atom. The maximum absolute atomic E-state index is 11.9. The summed E-state index contributed by atoms with van der Waals surface area (Å²) in [5.41, 5.74) is 1.68.